The van der Waals surface area contributed by atoms with E-state index < -0.39 is 0 Å². The van der Waals surface area contributed by atoms with Gasteiger partial charge >= 0.3 is 0 Å². The largest absolute Gasteiger partial charge is 0.490 e. The fraction of sp³-hybridized carbons (Fsp3) is 0.625. The first-order valence-corrected chi connectivity index (χ1v) is 7.03. The Bertz CT molecular complexity index is 349. The van der Waals surface area contributed by atoms with Crippen LogP contribution in [0.15, 0.2) is 24.3 Å². The first kappa shape index (κ1) is 15.0. The molecule has 1 aromatic carbocycles. The van der Waals surface area contributed by atoms with E-state index in [2.05, 4.69) is 58.1 Å². The highest BCUT2D eigenvalue weighted by molar-refractivity contribution is 5.35. The van der Waals surface area contributed by atoms with Gasteiger partial charge in [-0.25, -0.2) is 0 Å². The van der Waals surface area contributed by atoms with Gasteiger partial charge in [0, 0.05) is 11.6 Å². The van der Waals surface area contributed by atoms with E-state index in [1.54, 1.807) is 0 Å². The van der Waals surface area contributed by atoms with E-state index in [1.807, 2.05) is 6.07 Å². The van der Waals surface area contributed by atoms with Crippen LogP contribution in [-0.4, -0.2) is 12.6 Å². The monoisotopic (exact) mass is 249 g/mol. The summed E-state index contributed by atoms with van der Waals surface area (Å²) >= 11 is 0. The van der Waals surface area contributed by atoms with Crippen LogP contribution >= 0.6 is 0 Å². The lowest BCUT2D eigenvalue weighted by atomic mass is 10.1. The molecule has 1 aromatic rings. The van der Waals surface area contributed by atoms with Crippen LogP contribution in [0.2, 0.25) is 0 Å². The topological polar surface area (TPSA) is 21.3 Å². The number of ether oxygens (including phenoxy) is 1. The van der Waals surface area contributed by atoms with E-state index in [0.29, 0.717) is 12.0 Å². The quantitative estimate of drug-likeness (QED) is 0.783. The SMILES string of the molecule is CC[C@H](C)Oc1ccccc1[C@H](C)NCC(C)C. The summed E-state index contributed by atoms with van der Waals surface area (Å²) < 4.78 is 5.98. The predicted octanol–water partition coefficient (Wildman–Crippen LogP) is 4.17. The second-order valence-electron chi connectivity index (χ2n) is 5.40. The van der Waals surface area contributed by atoms with Gasteiger partial charge in [0.1, 0.15) is 5.75 Å². The Morgan fingerprint density at radius 2 is 1.78 bits per heavy atom. The Balaban J connectivity index is 2.74. The predicted molar refractivity (Wildman–Crippen MR) is 78.1 cm³/mol. The summed E-state index contributed by atoms with van der Waals surface area (Å²) in [6.45, 7) is 11.9. The van der Waals surface area contributed by atoms with Crippen LogP contribution in [-0.2, 0) is 0 Å². The molecule has 0 saturated heterocycles. The number of para-hydroxylation sites is 1. The van der Waals surface area contributed by atoms with Crippen LogP contribution in [0.4, 0.5) is 0 Å². The van der Waals surface area contributed by atoms with Crippen molar-refractivity contribution in [1.82, 2.24) is 5.32 Å². The highest BCUT2D eigenvalue weighted by atomic mass is 16.5. The van der Waals surface area contributed by atoms with E-state index in [-0.39, 0.29) is 6.10 Å². The van der Waals surface area contributed by atoms with E-state index >= 15 is 0 Å². The fourth-order valence-corrected chi connectivity index (χ4v) is 1.77. The summed E-state index contributed by atoms with van der Waals surface area (Å²) in [4.78, 5) is 0. The summed E-state index contributed by atoms with van der Waals surface area (Å²) in [5.41, 5.74) is 1.25. The zero-order valence-electron chi connectivity index (χ0n) is 12.4. The molecule has 2 atom stereocenters. The molecular formula is C16H27NO. The van der Waals surface area contributed by atoms with Gasteiger partial charge in [0.25, 0.3) is 0 Å². The van der Waals surface area contributed by atoms with Crippen molar-refractivity contribution in [3.8, 4) is 5.75 Å². The molecule has 0 fully saturated rings. The number of benzene rings is 1. The molecule has 0 saturated carbocycles. The van der Waals surface area contributed by atoms with Crippen LogP contribution in [0.1, 0.15) is 52.6 Å². The summed E-state index contributed by atoms with van der Waals surface area (Å²) in [5.74, 6) is 1.67. The maximum Gasteiger partial charge on any atom is 0.124 e. The third kappa shape index (κ3) is 4.69. The maximum absolute atomic E-state index is 5.98. The lowest BCUT2D eigenvalue weighted by Gasteiger charge is -2.21. The summed E-state index contributed by atoms with van der Waals surface area (Å²) in [5, 5.41) is 3.55. The molecule has 0 heterocycles. The van der Waals surface area contributed by atoms with Crippen LogP contribution in [0, 0.1) is 5.92 Å². The molecule has 0 unspecified atom stereocenters. The first-order valence-electron chi connectivity index (χ1n) is 7.03. The Labute approximate surface area is 112 Å². The van der Waals surface area contributed by atoms with E-state index in [4.69, 9.17) is 4.74 Å². The number of hydrogen-bond donors (Lipinski definition) is 1. The molecule has 0 radical (unpaired) electrons. The summed E-state index contributed by atoms with van der Waals surface area (Å²) in [6, 6.07) is 8.65. The van der Waals surface area contributed by atoms with Crippen molar-refractivity contribution in [2.45, 2.75) is 53.2 Å². The lowest BCUT2D eigenvalue weighted by Crippen LogP contribution is -2.24. The molecule has 0 aliphatic carbocycles. The van der Waals surface area contributed by atoms with Gasteiger partial charge < -0.3 is 10.1 Å². The van der Waals surface area contributed by atoms with Crippen molar-refractivity contribution >= 4 is 0 Å². The van der Waals surface area contributed by atoms with Crippen molar-refractivity contribution < 1.29 is 4.74 Å². The molecule has 0 aliphatic rings. The number of rotatable bonds is 7. The Kier molecular flexibility index (Phi) is 6.20. The second-order valence-corrected chi connectivity index (χ2v) is 5.40. The highest BCUT2D eigenvalue weighted by Gasteiger charge is 2.12. The molecule has 102 valence electrons. The summed E-state index contributed by atoms with van der Waals surface area (Å²) in [7, 11) is 0. The van der Waals surface area contributed by atoms with Gasteiger partial charge in [-0.05, 0) is 38.8 Å². The first-order chi connectivity index (χ1) is 8.54. The van der Waals surface area contributed by atoms with Crippen LogP contribution in [0.25, 0.3) is 0 Å². The molecule has 1 rings (SSSR count). The van der Waals surface area contributed by atoms with Gasteiger partial charge in [-0.2, -0.15) is 0 Å². The zero-order valence-corrected chi connectivity index (χ0v) is 12.4. The number of hydrogen-bond acceptors (Lipinski definition) is 2. The van der Waals surface area contributed by atoms with Crippen molar-refractivity contribution in [2.24, 2.45) is 5.92 Å². The molecule has 2 heteroatoms. The van der Waals surface area contributed by atoms with E-state index in [9.17, 15) is 0 Å². The second kappa shape index (κ2) is 7.42. The van der Waals surface area contributed by atoms with Gasteiger partial charge in [0.2, 0.25) is 0 Å². The zero-order chi connectivity index (χ0) is 13.5. The average Bonchev–Trinajstić information content (AvgIpc) is 2.36. The molecule has 0 spiro atoms. The van der Waals surface area contributed by atoms with Crippen molar-refractivity contribution in [3.05, 3.63) is 29.8 Å². The van der Waals surface area contributed by atoms with Crippen LogP contribution in [0.5, 0.6) is 5.75 Å². The standard InChI is InChI=1S/C16H27NO/c1-6-13(4)18-16-10-8-7-9-15(16)14(5)17-11-12(2)3/h7-10,12-14,17H,6,11H2,1-5H3/t13-,14-/m0/s1. The van der Waals surface area contributed by atoms with E-state index in [1.165, 1.54) is 5.56 Å². The Morgan fingerprint density at radius 3 is 2.39 bits per heavy atom. The van der Waals surface area contributed by atoms with Gasteiger partial charge in [0.05, 0.1) is 6.10 Å². The average molecular weight is 249 g/mol. The molecule has 0 amide bonds. The van der Waals surface area contributed by atoms with Crippen molar-refractivity contribution in [1.29, 1.82) is 0 Å². The highest BCUT2D eigenvalue weighted by Crippen LogP contribution is 2.26. The maximum atomic E-state index is 5.98. The van der Waals surface area contributed by atoms with Crippen molar-refractivity contribution in [3.63, 3.8) is 0 Å². The molecular weight excluding hydrogens is 222 g/mol. The van der Waals surface area contributed by atoms with Crippen LogP contribution in [0.3, 0.4) is 0 Å². The van der Waals surface area contributed by atoms with E-state index in [0.717, 1.165) is 18.7 Å². The molecule has 2 nitrogen and oxygen atoms in total. The third-order valence-electron chi connectivity index (χ3n) is 3.12. The molecule has 0 aromatic heterocycles. The summed E-state index contributed by atoms with van der Waals surface area (Å²) in [6.07, 6.45) is 1.30. The third-order valence-corrected chi connectivity index (χ3v) is 3.12. The van der Waals surface area contributed by atoms with Gasteiger partial charge in [-0.3, -0.25) is 0 Å². The normalized spacial score (nSPS) is 14.6. The fourth-order valence-electron chi connectivity index (χ4n) is 1.77. The number of nitrogens with one attached hydrogen (secondary N) is 1. The Hall–Kier alpha value is -1.02. The molecule has 0 bridgehead atoms. The smallest absolute Gasteiger partial charge is 0.124 e. The van der Waals surface area contributed by atoms with Crippen molar-refractivity contribution in [2.75, 3.05) is 6.54 Å². The molecule has 1 N–H and O–H groups in total. The van der Waals surface area contributed by atoms with Gasteiger partial charge in [0.15, 0.2) is 0 Å². The minimum Gasteiger partial charge on any atom is -0.490 e. The Morgan fingerprint density at radius 1 is 1.11 bits per heavy atom. The molecule has 18 heavy (non-hydrogen) atoms. The minimum atomic E-state index is 0.267. The lowest BCUT2D eigenvalue weighted by molar-refractivity contribution is 0.213. The van der Waals surface area contributed by atoms with Gasteiger partial charge in [-0.15, -0.1) is 0 Å². The minimum absolute atomic E-state index is 0.267. The molecule has 0 aliphatic heterocycles. The van der Waals surface area contributed by atoms with Gasteiger partial charge in [-0.1, -0.05) is 39.0 Å². The van der Waals surface area contributed by atoms with Crippen LogP contribution < -0.4 is 10.1 Å².